The highest BCUT2D eigenvalue weighted by Crippen LogP contribution is 2.61. The van der Waals surface area contributed by atoms with Crippen molar-refractivity contribution in [3.05, 3.63) is 0 Å². The quantitative estimate of drug-likeness (QED) is 0.785. The van der Waals surface area contributed by atoms with Crippen LogP contribution in [0.3, 0.4) is 0 Å². The number of carbonyl (C=O) groups is 1. The summed E-state index contributed by atoms with van der Waals surface area (Å²) >= 11 is 0. The first-order valence-electron chi connectivity index (χ1n) is 8.87. The van der Waals surface area contributed by atoms with Gasteiger partial charge in [0.2, 0.25) is 0 Å². The second kappa shape index (κ2) is 5.57. The van der Waals surface area contributed by atoms with Gasteiger partial charge in [0.1, 0.15) is 6.04 Å². The van der Waals surface area contributed by atoms with Crippen LogP contribution in [0.5, 0.6) is 0 Å². The van der Waals surface area contributed by atoms with Crippen LogP contribution in [-0.2, 0) is 4.79 Å². The molecule has 4 fully saturated rings. The Morgan fingerprint density at radius 2 is 1.57 bits per heavy atom. The van der Waals surface area contributed by atoms with Crippen LogP contribution in [0.1, 0.15) is 65.7 Å². The highest BCUT2D eigenvalue weighted by atomic mass is 16.4. The van der Waals surface area contributed by atoms with Gasteiger partial charge in [-0.25, -0.2) is 0 Å². The van der Waals surface area contributed by atoms with Crippen LogP contribution in [0, 0.1) is 29.1 Å². The smallest absolute Gasteiger partial charge is 0.320 e. The van der Waals surface area contributed by atoms with Gasteiger partial charge in [0, 0.05) is 6.04 Å². The number of hydrogen-bond acceptors (Lipinski definition) is 2. The van der Waals surface area contributed by atoms with Crippen molar-refractivity contribution in [2.75, 3.05) is 0 Å². The van der Waals surface area contributed by atoms with E-state index in [1.807, 2.05) is 0 Å². The third-order valence-electron chi connectivity index (χ3n) is 6.46. The molecule has 4 rings (SSSR count). The Morgan fingerprint density at radius 3 is 1.95 bits per heavy atom. The van der Waals surface area contributed by atoms with Gasteiger partial charge in [0.05, 0.1) is 0 Å². The first kappa shape index (κ1) is 15.3. The molecule has 0 spiro atoms. The minimum absolute atomic E-state index is 0.339. The second-order valence-electron chi connectivity index (χ2n) is 8.69. The number of carboxylic acid groups (broad SMARTS) is 1. The molecule has 0 heterocycles. The third kappa shape index (κ3) is 2.99. The molecule has 4 aliphatic carbocycles. The van der Waals surface area contributed by atoms with Gasteiger partial charge in [0.15, 0.2) is 0 Å². The molecular formula is C18H31NO2. The van der Waals surface area contributed by atoms with E-state index in [-0.39, 0.29) is 6.04 Å². The monoisotopic (exact) mass is 293 g/mol. The lowest BCUT2D eigenvalue weighted by molar-refractivity contribution is -0.141. The number of nitrogens with one attached hydrogen (secondary N) is 1. The van der Waals surface area contributed by atoms with Gasteiger partial charge < -0.3 is 10.4 Å². The molecule has 0 aliphatic heterocycles. The summed E-state index contributed by atoms with van der Waals surface area (Å²) in [6.07, 6.45) is 9.07. The highest BCUT2D eigenvalue weighted by molar-refractivity contribution is 5.73. The van der Waals surface area contributed by atoms with Gasteiger partial charge in [0.25, 0.3) is 0 Å². The fraction of sp³-hybridized carbons (Fsp3) is 0.944. The summed E-state index contributed by atoms with van der Waals surface area (Å²) in [4.78, 5) is 11.5. The van der Waals surface area contributed by atoms with Crippen LogP contribution in [0.15, 0.2) is 0 Å². The molecule has 21 heavy (non-hydrogen) atoms. The third-order valence-corrected chi connectivity index (χ3v) is 6.46. The molecule has 0 aromatic carbocycles. The molecule has 2 unspecified atom stereocenters. The van der Waals surface area contributed by atoms with E-state index >= 15 is 0 Å². The molecule has 4 bridgehead atoms. The fourth-order valence-electron chi connectivity index (χ4n) is 5.90. The molecule has 0 aromatic rings. The van der Waals surface area contributed by atoms with Crippen molar-refractivity contribution in [2.24, 2.45) is 29.1 Å². The first-order valence-corrected chi connectivity index (χ1v) is 8.87. The average Bonchev–Trinajstić information content (AvgIpc) is 2.35. The van der Waals surface area contributed by atoms with Gasteiger partial charge in [-0.1, -0.05) is 13.8 Å². The van der Waals surface area contributed by atoms with E-state index in [1.165, 1.54) is 38.5 Å². The minimum atomic E-state index is -0.680. The van der Waals surface area contributed by atoms with E-state index in [0.717, 1.165) is 24.2 Å². The molecule has 0 saturated heterocycles. The van der Waals surface area contributed by atoms with Crippen molar-refractivity contribution in [3.63, 3.8) is 0 Å². The van der Waals surface area contributed by atoms with Crippen LogP contribution in [0.2, 0.25) is 0 Å². The molecular weight excluding hydrogens is 262 g/mol. The van der Waals surface area contributed by atoms with Crippen molar-refractivity contribution in [1.82, 2.24) is 5.32 Å². The summed E-state index contributed by atoms with van der Waals surface area (Å²) in [6.45, 7) is 6.46. The first-order chi connectivity index (χ1) is 9.88. The lowest BCUT2D eigenvalue weighted by Gasteiger charge is -2.59. The van der Waals surface area contributed by atoms with Gasteiger partial charge in [-0.05, 0) is 81.0 Å². The number of carboxylic acids is 1. The van der Waals surface area contributed by atoms with E-state index in [9.17, 15) is 9.90 Å². The van der Waals surface area contributed by atoms with Crippen LogP contribution in [0.25, 0.3) is 0 Å². The SMILES string of the molecule is CC(C)CC(NC(C)C12CC3CC(CC(C3)C1)C2)C(=O)O. The predicted molar refractivity (Wildman–Crippen MR) is 84.1 cm³/mol. The van der Waals surface area contributed by atoms with Gasteiger partial charge in [-0.15, -0.1) is 0 Å². The second-order valence-corrected chi connectivity index (χ2v) is 8.69. The largest absolute Gasteiger partial charge is 0.480 e. The summed E-state index contributed by atoms with van der Waals surface area (Å²) in [5.41, 5.74) is 0.388. The Hall–Kier alpha value is -0.570. The lowest BCUT2D eigenvalue weighted by Crippen LogP contribution is -2.57. The maximum absolute atomic E-state index is 11.5. The molecule has 0 amide bonds. The summed E-state index contributed by atoms with van der Waals surface area (Å²) in [7, 11) is 0. The number of rotatable bonds is 6. The molecule has 0 radical (unpaired) electrons. The Balaban J connectivity index is 1.69. The molecule has 4 saturated carbocycles. The predicted octanol–water partition coefficient (Wildman–Crippen LogP) is 3.68. The molecule has 3 heteroatoms. The van der Waals surface area contributed by atoms with Gasteiger partial charge >= 0.3 is 5.97 Å². The van der Waals surface area contributed by atoms with Gasteiger partial charge in [-0.3, -0.25) is 4.79 Å². The van der Waals surface area contributed by atoms with E-state index in [1.54, 1.807) is 0 Å². The molecule has 2 atom stereocenters. The topological polar surface area (TPSA) is 49.3 Å². The van der Waals surface area contributed by atoms with Gasteiger partial charge in [-0.2, -0.15) is 0 Å². The van der Waals surface area contributed by atoms with Crippen molar-refractivity contribution >= 4 is 5.97 Å². The van der Waals surface area contributed by atoms with Crippen LogP contribution in [-0.4, -0.2) is 23.2 Å². The van der Waals surface area contributed by atoms with Crippen LogP contribution < -0.4 is 5.32 Å². The highest BCUT2D eigenvalue weighted by Gasteiger charge is 2.53. The number of hydrogen-bond donors (Lipinski definition) is 2. The molecule has 2 N–H and O–H groups in total. The zero-order valence-electron chi connectivity index (χ0n) is 13.8. The Bertz CT molecular complexity index is 369. The normalized spacial score (nSPS) is 40.5. The molecule has 4 aliphatic rings. The average molecular weight is 293 g/mol. The maximum atomic E-state index is 11.5. The van der Waals surface area contributed by atoms with Crippen molar-refractivity contribution in [1.29, 1.82) is 0 Å². The van der Waals surface area contributed by atoms with E-state index < -0.39 is 5.97 Å². The Labute approximate surface area is 128 Å². The number of aliphatic carboxylic acids is 1. The van der Waals surface area contributed by atoms with Crippen molar-refractivity contribution in [3.8, 4) is 0 Å². The fourth-order valence-corrected chi connectivity index (χ4v) is 5.90. The molecule has 120 valence electrons. The summed E-state index contributed by atoms with van der Waals surface area (Å²) in [5.74, 6) is 2.51. The zero-order chi connectivity index (χ0) is 15.2. The van der Waals surface area contributed by atoms with Crippen molar-refractivity contribution < 1.29 is 9.90 Å². The summed E-state index contributed by atoms with van der Waals surface area (Å²) in [6, 6.07) is -0.0428. The summed E-state index contributed by atoms with van der Waals surface area (Å²) in [5, 5.41) is 13.0. The van der Waals surface area contributed by atoms with Crippen LogP contribution >= 0.6 is 0 Å². The zero-order valence-corrected chi connectivity index (χ0v) is 13.8. The molecule has 0 aromatic heterocycles. The van der Waals surface area contributed by atoms with E-state index in [4.69, 9.17) is 0 Å². The molecule has 3 nitrogen and oxygen atoms in total. The van der Waals surface area contributed by atoms with Crippen molar-refractivity contribution in [2.45, 2.75) is 77.8 Å². The minimum Gasteiger partial charge on any atom is -0.480 e. The van der Waals surface area contributed by atoms with Crippen LogP contribution in [0.4, 0.5) is 0 Å². The summed E-state index contributed by atoms with van der Waals surface area (Å²) < 4.78 is 0. The Kier molecular flexibility index (Phi) is 4.06. The standard InChI is InChI=1S/C18H31NO2/c1-11(2)4-16(17(20)21)19-12(3)18-8-13-5-14(9-18)7-15(6-13)10-18/h11-16,19H,4-10H2,1-3H3,(H,20,21). The lowest BCUT2D eigenvalue weighted by atomic mass is 9.48. The Morgan fingerprint density at radius 1 is 1.10 bits per heavy atom. The van der Waals surface area contributed by atoms with E-state index in [0.29, 0.717) is 17.4 Å². The maximum Gasteiger partial charge on any atom is 0.320 e. The van der Waals surface area contributed by atoms with E-state index in [2.05, 4.69) is 26.1 Å².